The first-order valence-electron chi connectivity index (χ1n) is 6.55. The molecule has 2 rings (SSSR count). The average Bonchev–Trinajstić information content (AvgIpc) is 2.39. The molecule has 0 saturated heterocycles. The van der Waals surface area contributed by atoms with Crippen LogP contribution in [0.2, 0.25) is 0 Å². The summed E-state index contributed by atoms with van der Waals surface area (Å²) in [6.07, 6.45) is 1.87. The Bertz CT molecular complexity index is 535. The Morgan fingerprint density at radius 3 is 2.53 bits per heavy atom. The maximum absolute atomic E-state index is 5.88. The van der Waals surface area contributed by atoms with Crippen LogP contribution < -0.4 is 10.6 Å². The Morgan fingerprint density at radius 2 is 1.95 bits per heavy atom. The third-order valence-electron chi connectivity index (χ3n) is 3.22. The molecule has 0 fully saturated rings. The molecule has 1 aromatic carbocycles. The van der Waals surface area contributed by atoms with Crippen LogP contribution >= 0.6 is 0 Å². The summed E-state index contributed by atoms with van der Waals surface area (Å²) < 4.78 is 0. The number of aromatic nitrogens is 1. The summed E-state index contributed by atoms with van der Waals surface area (Å²) in [7, 11) is 2.06. The molecule has 0 aliphatic carbocycles. The van der Waals surface area contributed by atoms with Crippen LogP contribution in [0, 0.1) is 6.92 Å². The molecule has 0 aliphatic rings. The topological polar surface area (TPSA) is 42.1 Å². The third kappa shape index (κ3) is 3.32. The summed E-state index contributed by atoms with van der Waals surface area (Å²) in [4.78, 5) is 6.70. The maximum Gasteiger partial charge on any atom is 0.131 e. The SMILES string of the molecule is Cc1cc([C@@H](C)N)cnc1N(C)Cc1ccccc1. The number of benzene rings is 1. The minimum absolute atomic E-state index is 0.0275. The monoisotopic (exact) mass is 255 g/mol. The van der Waals surface area contributed by atoms with Gasteiger partial charge in [-0.05, 0) is 36.6 Å². The van der Waals surface area contributed by atoms with Crippen molar-refractivity contribution in [3.8, 4) is 0 Å². The van der Waals surface area contributed by atoms with Crippen molar-refractivity contribution in [3.05, 3.63) is 59.3 Å². The number of hydrogen-bond donors (Lipinski definition) is 1. The van der Waals surface area contributed by atoms with Gasteiger partial charge in [-0.3, -0.25) is 0 Å². The van der Waals surface area contributed by atoms with Crippen LogP contribution in [-0.2, 0) is 6.54 Å². The van der Waals surface area contributed by atoms with Gasteiger partial charge in [-0.2, -0.15) is 0 Å². The van der Waals surface area contributed by atoms with E-state index in [9.17, 15) is 0 Å². The van der Waals surface area contributed by atoms with E-state index in [0.717, 1.165) is 23.5 Å². The first kappa shape index (κ1) is 13.6. The molecule has 1 aromatic heterocycles. The molecule has 2 N–H and O–H groups in total. The van der Waals surface area contributed by atoms with Crippen molar-refractivity contribution >= 4 is 5.82 Å². The number of rotatable bonds is 4. The quantitative estimate of drug-likeness (QED) is 0.913. The fourth-order valence-electron chi connectivity index (χ4n) is 2.17. The van der Waals surface area contributed by atoms with E-state index in [1.165, 1.54) is 5.56 Å². The van der Waals surface area contributed by atoms with Crippen molar-refractivity contribution in [2.24, 2.45) is 5.73 Å². The van der Waals surface area contributed by atoms with Gasteiger partial charge in [0.05, 0.1) is 0 Å². The van der Waals surface area contributed by atoms with Crippen LogP contribution in [0.1, 0.15) is 29.7 Å². The van der Waals surface area contributed by atoms with Crippen LogP contribution in [0.4, 0.5) is 5.82 Å². The van der Waals surface area contributed by atoms with E-state index in [-0.39, 0.29) is 6.04 Å². The smallest absolute Gasteiger partial charge is 0.131 e. The number of pyridine rings is 1. The van der Waals surface area contributed by atoms with Gasteiger partial charge >= 0.3 is 0 Å². The Kier molecular flexibility index (Phi) is 4.17. The van der Waals surface area contributed by atoms with Gasteiger partial charge < -0.3 is 10.6 Å². The molecule has 19 heavy (non-hydrogen) atoms. The molecular weight excluding hydrogens is 234 g/mol. The van der Waals surface area contributed by atoms with Gasteiger partial charge in [0.15, 0.2) is 0 Å². The van der Waals surface area contributed by atoms with E-state index in [4.69, 9.17) is 5.73 Å². The standard InChI is InChI=1S/C16H21N3/c1-12-9-15(13(2)17)10-18-16(12)19(3)11-14-7-5-4-6-8-14/h4-10,13H,11,17H2,1-3H3/t13-/m1/s1. The highest BCUT2D eigenvalue weighted by molar-refractivity contribution is 5.47. The van der Waals surface area contributed by atoms with E-state index in [1.807, 2.05) is 19.2 Å². The van der Waals surface area contributed by atoms with Crippen molar-refractivity contribution in [3.63, 3.8) is 0 Å². The van der Waals surface area contributed by atoms with Crippen LogP contribution in [0.5, 0.6) is 0 Å². The van der Waals surface area contributed by atoms with E-state index >= 15 is 0 Å². The Morgan fingerprint density at radius 1 is 1.26 bits per heavy atom. The lowest BCUT2D eigenvalue weighted by Gasteiger charge is -2.21. The van der Waals surface area contributed by atoms with Crippen molar-refractivity contribution in [2.75, 3.05) is 11.9 Å². The molecule has 1 atom stereocenters. The fourth-order valence-corrected chi connectivity index (χ4v) is 2.17. The molecule has 0 radical (unpaired) electrons. The van der Waals surface area contributed by atoms with Gasteiger partial charge in [-0.1, -0.05) is 30.3 Å². The number of aryl methyl sites for hydroxylation is 1. The Balaban J connectivity index is 2.17. The van der Waals surface area contributed by atoms with Gasteiger partial charge in [0.2, 0.25) is 0 Å². The number of hydrogen-bond acceptors (Lipinski definition) is 3. The third-order valence-corrected chi connectivity index (χ3v) is 3.22. The lowest BCUT2D eigenvalue weighted by molar-refractivity contribution is 0.804. The minimum Gasteiger partial charge on any atom is -0.355 e. The molecule has 0 saturated carbocycles. The largest absolute Gasteiger partial charge is 0.355 e. The van der Waals surface area contributed by atoms with Gasteiger partial charge in [-0.15, -0.1) is 0 Å². The normalized spacial score (nSPS) is 12.2. The van der Waals surface area contributed by atoms with Gasteiger partial charge in [0.1, 0.15) is 5.82 Å². The van der Waals surface area contributed by atoms with Crippen LogP contribution in [0.15, 0.2) is 42.6 Å². The Labute approximate surface area is 115 Å². The minimum atomic E-state index is 0.0275. The molecule has 0 amide bonds. The molecule has 0 unspecified atom stereocenters. The molecule has 3 nitrogen and oxygen atoms in total. The zero-order valence-electron chi connectivity index (χ0n) is 11.8. The number of nitrogens with two attached hydrogens (primary N) is 1. The number of anilines is 1. The second-order valence-electron chi connectivity index (χ2n) is 5.04. The highest BCUT2D eigenvalue weighted by Crippen LogP contribution is 2.20. The predicted molar refractivity (Wildman–Crippen MR) is 80.1 cm³/mol. The van der Waals surface area contributed by atoms with Crippen molar-refractivity contribution in [1.29, 1.82) is 0 Å². The molecule has 0 bridgehead atoms. The fraction of sp³-hybridized carbons (Fsp3) is 0.312. The van der Waals surface area contributed by atoms with E-state index in [2.05, 4.69) is 54.2 Å². The average molecular weight is 255 g/mol. The van der Waals surface area contributed by atoms with E-state index in [0.29, 0.717) is 0 Å². The van der Waals surface area contributed by atoms with Crippen molar-refractivity contribution < 1.29 is 0 Å². The summed E-state index contributed by atoms with van der Waals surface area (Å²) in [5.41, 5.74) is 9.40. The highest BCUT2D eigenvalue weighted by atomic mass is 15.2. The second kappa shape index (κ2) is 5.85. The van der Waals surface area contributed by atoms with Crippen molar-refractivity contribution in [2.45, 2.75) is 26.4 Å². The van der Waals surface area contributed by atoms with Gasteiger partial charge in [-0.25, -0.2) is 4.98 Å². The summed E-state index contributed by atoms with van der Waals surface area (Å²) in [6.45, 7) is 4.91. The van der Waals surface area contributed by atoms with E-state index < -0.39 is 0 Å². The zero-order chi connectivity index (χ0) is 13.8. The summed E-state index contributed by atoms with van der Waals surface area (Å²) in [5, 5.41) is 0. The maximum atomic E-state index is 5.88. The highest BCUT2D eigenvalue weighted by Gasteiger charge is 2.09. The number of nitrogens with zero attached hydrogens (tertiary/aromatic N) is 2. The summed E-state index contributed by atoms with van der Waals surface area (Å²) in [5.74, 6) is 1.01. The van der Waals surface area contributed by atoms with Gasteiger partial charge in [0, 0.05) is 25.8 Å². The molecule has 3 heteroatoms. The second-order valence-corrected chi connectivity index (χ2v) is 5.04. The van der Waals surface area contributed by atoms with Crippen LogP contribution in [-0.4, -0.2) is 12.0 Å². The first-order chi connectivity index (χ1) is 9.08. The van der Waals surface area contributed by atoms with Crippen LogP contribution in [0.25, 0.3) is 0 Å². The summed E-state index contributed by atoms with van der Waals surface area (Å²) in [6, 6.07) is 12.5. The van der Waals surface area contributed by atoms with Gasteiger partial charge in [0.25, 0.3) is 0 Å². The van der Waals surface area contributed by atoms with Crippen molar-refractivity contribution in [1.82, 2.24) is 4.98 Å². The van der Waals surface area contributed by atoms with Crippen LogP contribution in [0.3, 0.4) is 0 Å². The molecular formula is C16H21N3. The van der Waals surface area contributed by atoms with E-state index in [1.54, 1.807) is 0 Å². The Hall–Kier alpha value is -1.87. The molecule has 0 spiro atoms. The zero-order valence-corrected chi connectivity index (χ0v) is 11.8. The first-order valence-corrected chi connectivity index (χ1v) is 6.55. The summed E-state index contributed by atoms with van der Waals surface area (Å²) >= 11 is 0. The molecule has 2 aromatic rings. The molecule has 0 aliphatic heterocycles. The predicted octanol–water partition coefficient (Wildman–Crippen LogP) is 3.05. The molecule has 100 valence electrons. The lowest BCUT2D eigenvalue weighted by Crippen LogP contribution is -2.19. The molecule has 1 heterocycles. The lowest BCUT2D eigenvalue weighted by atomic mass is 10.1.